The van der Waals surface area contributed by atoms with Crippen LogP contribution in [0.5, 0.6) is 0 Å². The molecule has 2 aliphatic rings. The smallest absolute Gasteiger partial charge is 0.309 e. The fraction of sp³-hybridized carbons (Fsp3) is 0.737. The molecule has 1 aromatic rings. The van der Waals surface area contributed by atoms with E-state index in [2.05, 4.69) is 110 Å². The first-order valence-corrected chi connectivity index (χ1v) is 24.3. The second-order valence-corrected chi connectivity index (χ2v) is 27.6. The summed E-state index contributed by atoms with van der Waals surface area (Å²) in [6.45, 7) is 25.1. The van der Waals surface area contributed by atoms with Crippen LogP contribution in [-0.4, -0.2) is 41.6 Å². The van der Waals surface area contributed by atoms with Crippen LogP contribution in [0.25, 0.3) is 0 Å². The number of Topliss-reactive ketones (excluding diaryl/α,β-unsaturated/α-hetero) is 1. The molecule has 0 radical (unpaired) electrons. The minimum absolute atomic E-state index is 0.0744. The first-order chi connectivity index (χ1) is 21.2. The van der Waals surface area contributed by atoms with Crippen molar-refractivity contribution in [3.05, 3.63) is 46.4 Å². The molecule has 0 saturated heterocycles. The van der Waals surface area contributed by atoms with E-state index >= 15 is 0 Å². The molecule has 8 heteroatoms. The van der Waals surface area contributed by atoms with Crippen LogP contribution in [0.2, 0.25) is 36.3 Å². The molecule has 0 aromatic carbocycles. The van der Waals surface area contributed by atoms with E-state index in [-0.39, 0.29) is 39.3 Å². The van der Waals surface area contributed by atoms with Crippen LogP contribution in [0.4, 0.5) is 0 Å². The third-order valence-corrected chi connectivity index (χ3v) is 21.6. The van der Waals surface area contributed by atoms with Gasteiger partial charge in [0.05, 0.1) is 24.9 Å². The Balaban J connectivity index is 1.69. The molecule has 2 fully saturated rings. The second-order valence-electron chi connectivity index (χ2n) is 17.1. The maximum Gasteiger partial charge on any atom is 0.309 e. The van der Waals surface area contributed by atoms with Gasteiger partial charge in [0.25, 0.3) is 0 Å². The molecule has 46 heavy (non-hydrogen) atoms. The van der Waals surface area contributed by atoms with Gasteiger partial charge in [0.1, 0.15) is 5.78 Å². The van der Waals surface area contributed by atoms with Crippen molar-refractivity contribution < 1.29 is 23.2 Å². The van der Waals surface area contributed by atoms with Crippen molar-refractivity contribution in [2.75, 3.05) is 7.11 Å². The number of methoxy groups -OCH3 is 1. The number of rotatable bonds is 15. The number of allylic oxidation sites excluding steroid dienone is 4. The second kappa shape index (κ2) is 15.4. The van der Waals surface area contributed by atoms with Gasteiger partial charge < -0.3 is 13.6 Å². The number of esters is 1. The fourth-order valence-corrected chi connectivity index (χ4v) is 9.85. The van der Waals surface area contributed by atoms with E-state index in [4.69, 9.17) is 13.6 Å². The Hall–Kier alpha value is -1.49. The Morgan fingerprint density at radius 2 is 1.72 bits per heavy atom. The number of hydrogen-bond acceptors (Lipinski definition) is 6. The first-order valence-electron chi connectivity index (χ1n) is 17.6. The highest BCUT2D eigenvalue weighted by Gasteiger charge is 2.48. The van der Waals surface area contributed by atoms with Gasteiger partial charge in [-0.05, 0) is 104 Å². The summed E-state index contributed by atoms with van der Waals surface area (Å²) in [7, 11) is -2.59. The van der Waals surface area contributed by atoms with Crippen LogP contribution in [0.1, 0.15) is 105 Å². The lowest BCUT2D eigenvalue weighted by molar-refractivity contribution is -0.149. The van der Waals surface area contributed by atoms with Gasteiger partial charge in [-0.2, -0.15) is 0 Å². The Kier molecular flexibility index (Phi) is 13.0. The van der Waals surface area contributed by atoms with Crippen molar-refractivity contribution in [3.63, 3.8) is 0 Å². The summed E-state index contributed by atoms with van der Waals surface area (Å²) >= 11 is 1.87. The number of thiophene rings is 1. The molecule has 2 saturated carbocycles. The lowest BCUT2D eigenvalue weighted by Gasteiger charge is -2.49. The van der Waals surface area contributed by atoms with Gasteiger partial charge in [0.15, 0.2) is 8.32 Å². The van der Waals surface area contributed by atoms with Crippen molar-refractivity contribution in [1.82, 2.24) is 0 Å². The number of carbonyl (C=O) groups excluding carboxylic acids is 2. The quantitative estimate of drug-likeness (QED) is 0.0794. The zero-order valence-corrected chi connectivity index (χ0v) is 33.9. The maximum atomic E-state index is 13.1. The van der Waals surface area contributed by atoms with Crippen LogP contribution in [0.3, 0.4) is 0 Å². The summed E-state index contributed by atoms with van der Waals surface area (Å²) < 4.78 is 18.8. The SMILES string of the molecule is COC(=O)C(CCC=CCC=C(O[Si](C)(C)C(C)(C)C)[C@H](C)C1(Cc2cccs2)CCC1)[C@H]1CC(O[Si](C)(C)C(C)(C)C)CC1=O. The van der Waals surface area contributed by atoms with Gasteiger partial charge in [-0.25, -0.2) is 0 Å². The summed E-state index contributed by atoms with van der Waals surface area (Å²) in [6.07, 6.45) is 14.6. The predicted octanol–water partition coefficient (Wildman–Crippen LogP) is 10.9. The number of carbonyl (C=O) groups is 2. The molecule has 1 heterocycles. The third kappa shape index (κ3) is 9.57. The standard InChI is InChI=1S/C38H64O5SSi2/c1-28(38(22-18-23-38)27-30-19-17-24-44-30)34(43-46(11,12)37(5,6)7)21-16-14-13-15-20-31(35(40)41-8)32-25-29(26-33(32)39)42-45(9,10)36(2,3)4/h13-14,17,19,21,24,28-29,31-32H,15-16,18,20,22-23,25-27H2,1-12H3/t28-,29?,31?,32+/m0/s1. The lowest BCUT2D eigenvalue weighted by Crippen LogP contribution is -2.45. The molecule has 1 aromatic heterocycles. The number of ether oxygens (including phenoxy) is 1. The van der Waals surface area contributed by atoms with Crippen LogP contribution < -0.4 is 0 Å². The Bertz CT molecular complexity index is 1210. The highest BCUT2D eigenvalue weighted by atomic mass is 32.1. The van der Waals surface area contributed by atoms with E-state index in [1.54, 1.807) is 0 Å². The average molecular weight is 689 g/mol. The van der Waals surface area contributed by atoms with Crippen molar-refractivity contribution in [2.24, 2.45) is 23.2 Å². The highest BCUT2D eigenvalue weighted by molar-refractivity contribution is 7.09. The maximum absolute atomic E-state index is 13.1. The van der Waals surface area contributed by atoms with Crippen molar-refractivity contribution in [1.29, 1.82) is 0 Å². The monoisotopic (exact) mass is 688 g/mol. The molecule has 0 N–H and O–H groups in total. The zero-order valence-electron chi connectivity index (χ0n) is 31.1. The largest absolute Gasteiger partial charge is 0.547 e. The molecular weight excluding hydrogens is 625 g/mol. The molecule has 0 bridgehead atoms. The third-order valence-electron chi connectivity index (χ3n) is 11.9. The van der Waals surface area contributed by atoms with Crippen LogP contribution in [0.15, 0.2) is 41.5 Å². The Morgan fingerprint density at radius 3 is 2.24 bits per heavy atom. The molecule has 0 amide bonds. The summed E-state index contributed by atoms with van der Waals surface area (Å²) in [6, 6.07) is 4.44. The lowest BCUT2D eigenvalue weighted by atomic mass is 9.59. The Morgan fingerprint density at radius 1 is 1.07 bits per heavy atom. The average Bonchev–Trinajstić information content (AvgIpc) is 3.56. The van der Waals surface area contributed by atoms with E-state index in [0.29, 0.717) is 25.2 Å². The molecule has 2 aliphatic carbocycles. The molecule has 5 nitrogen and oxygen atoms in total. The molecule has 2 unspecified atom stereocenters. The predicted molar refractivity (Wildman–Crippen MR) is 198 cm³/mol. The summed E-state index contributed by atoms with van der Waals surface area (Å²) in [4.78, 5) is 27.5. The van der Waals surface area contributed by atoms with E-state index in [9.17, 15) is 9.59 Å². The van der Waals surface area contributed by atoms with Gasteiger partial charge in [-0.1, -0.05) is 73.1 Å². The molecule has 3 rings (SSSR count). The van der Waals surface area contributed by atoms with Crippen molar-refractivity contribution in [2.45, 2.75) is 149 Å². The highest BCUT2D eigenvalue weighted by Crippen LogP contribution is 2.53. The number of ketones is 1. The number of hydrogen-bond donors (Lipinski definition) is 0. The van der Waals surface area contributed by atoms with Gasteiger partial charge in [-0.15, -0.1) is 11.3 Å². The summed E-state index contributed by atoms with van der Waals surface area (Å²) in [5.74, 6) is 0.602. The normalized spacial score (nSPS) is 22.5. The fourth-order valence-electron chi connectivity index (χ4n) is 6.46. The minimum Gasteiger partial charge on any atom is -0.547 e. The van der Waals surface area contributed by atoms with Crippen LogP contribution in [-0.2, 0) is 29.6 Å². The topological polar surface area (TPSA) is 61.8 Å². The van der Waals surface area contributed by atoms with E-state index in [1.807, 2.05) is 11.3 Å². The van der Waals surface area contributed by atoms with Crippen LogP contribution in [0, 0.1) is 23.2 Å². The molecule has 4 atom stereocenters. The first kappa shape index (κ1) is 39.0. The van der Waals surface area contributed by atoms with Gasteiger partial charge in [0.2, 0.25) is 8.32 Å². The molecule has 0 spiro atoms. The van der Waals surface area contributed by atoms with Crippen molar-refractivity contribution >= 4 is 39.7 Å². The van der Waals surface area contributed by atoms with Gasteiger partial charge in [0, 0.05) is 23.1 Å². The zero-order chi connectivity index (χ0) is 34.6. The van der Waals surface area contributed by atoms with E-state index in [1.165, 1.54) is 31.2 Å². The van der Waals surface area contributed by atoms with E-state index in [0.717, 1.165) is 25.0 Å². The Labute approximate surface area is 287 Å². The van der Waals surface area contributed by atoms with Crippen molar-refractivity contribution in [3.8, 4) is 0 Å². The summed E-state index contributed by atoms with van der Waals surface area (Å²) in [5, 5.41) is 2.39. The molecule has 0 aliphatic heterocycles. The van der Waals surface area contributed by atoms with Crippen LogP contribution >= 0.6 is 11.3 Å². The molecular formula is C38H64O5SSi2. The molecule has 260 valence electrons. The van der Waals surface area contributed by atoms with Gasteiger partial charge >= 0.3 is 5.97 Å². The summed E-state index contributed by atoms with van der Waals surface area (Å²) in [5.41, 5.74) is 0.260. The minimum atomic E-state index is -2.02. The van der Waals surface area contributed by atoms with Gasteiger partial charge in [-0.3, -0.25) is 9.59 Å². The van der Waals surface area contributed by atoms with E-state index < -0.39 is 22.6 Å².